The zero-order valence-electron chi connectivity index (χ0n) is 10.9. The Labute approximate surface area is 118 Å². The number of nitrogens with one attached hydrogen (secondary N) is 1. The Morgan fingerprint density at radius 2 is 2.05 bits per heavy atom. The highest BCUT2D eigenvalue weighted by molar-refractivity contribution is 6.30. The lowest BCUT2D eigenvalue weighted by molar-refractivity contribution is -0.146. The molecule has 1 aliphatic heterocycles. The standard InChI is InChI=1S/C14H19ClN2O2/c15-13-4-2-12(3-5-13)11-19-14(18)10-17-8-1-6-16-7-9-17/h2-5,16H,1,6-11H2. The number of carbonyl (C=O) groups excluding carboxylic acids is 1. The summed E-state index contributed by atoms with van der Waals surface area (Å²) in [5, 5.41) is 3.99. The topological polar surface area (TPSA) is 41.6 Å². The van der Waals surface area contributed by atoms with Gasteiger partial charge in [-0.05, 0) is 37.2 Å². The summed E-state index contributed by atoms with van der Waals surface area (Å²) in [6.07, 6.45) is 1.07. The van der Waals surface area contributed by atoms with Gasteiger partial charge >= 0.3 is 5.97 Å². The van der Waals surface area contributed by atoms with Crippen LogP contribution in [0.4, 0.5) is 0 Å². The molecule has 0 radical (unpaired) electrons. The first-order chi connectivity index (χ1) is 9.24. The molecule has 5 heteroatoms. The van der Waals surface area contributed by atoms with Crippen molar-refractivity contribution in [3.8, 4) is 0 Å². The molecule has 0 aliphatic carbocycles. The van der Waals surface area contributed by atoms with Crippen molar-refractivity contribution >= 4 is 17.6 Å². The maximum atomic E-state index is 11.8. The smallest absolute Gasteiger partial charge is 0.320 e. The summed E-state index contributed by atoms with van der Waals surface area (Å²) in [5.41, 5.74) is 0.954. The minimum absolute atomic E-state index is 0.170. The Morgan fingerprint density at radius 3 is 2.84 bits per heavy atom. The SMILES string of the molecule is O=C(CN1CCCNCC1)OCc1ccc(Cl)cc1. The Hall–Kier alpha value is -1.10. The predicted molar refractivity (Wildman–Crippen MR) is 75.2 cm³/mol. The maximum absolute atomic E-state index is 11.8. The summed E-state index contributed by atoms with van der Waals surface area (Å²) in [6.45, 7) is 4.48. The first kappa shape index (κ1) is 14.3. The van der Waals surface area contributed by atoms with E-state index in [2.05, 4.69) is 10.2 Å². The highest BCUT2D eigenvalue weighted by Crippen LogP contribution is 2.10. The van der Waals surface area contributed by atoms with Crippen LogP contribution in [0.25, 0.3) is 0 Å². The van der Waals surface area contributed by atoms with E-state index in [1.54, 1.807) is 12.1 Å². The van der Waals surface area contributed by atoms with Crippen molar-refractivity contribution in [1.82, 2.24) is 10.2 Å². The summed E-state index contributed by atoms with van der Waals surface area (Å²) >= 11 is 5.80. The zero-order valence-corrected chi connectivity index (χ0v) is 11.7. The number of benzene rings is 1. The molecule has 4 nitrogen and oxygen atoms in total. The first-order valence-corrected chi connectivity index (χ1v) is 6.95. The van der Waals surface area contributed by atoms with Gasteiger partial charge in [-0.15, -0.1) is 0 Å². The molecule has 1 aromatic carbocycles. The second kappa shape index (κ2) is 7.48. The molecule has 1 aromatic rings. The molecule has 0 amide bonds. The molecule has 1 heterocycles. The number of hydrogen-bond donors (Lipinski definition) is 1. The van der Waals surface area contributed by atoms with Gasteiger partial charge in [-0.3, -0.25) is 9.69 Å². The fourth-order valence-corrected chi connectivity index (χ4v) is 2.16. The van der Waals surface area contributed by atoms with Crippen LogP contribution in [0.2, 0.25) is 5.02 Å². The van der Waals surface area contributed by atoms with Gasteiger partial charge in [0, 0.05) is 18.1 Å². The van der Waals surface area contributed by atoms with E-state index in [1.165, 1.54) is 0 Å². The molecule has 19 heavy (non-hydrogen) atoms. The molecule has 0 aromatic heterocycles. The molecule has 104 valence electrons. The third-order valence-corrected chi connectivity index (χ3v) is 3.35. The lowest BCUT2D eigenvalue weighted by Crippen LogP contribution is -2.33. The molecule has 0 unspecified atom stereocenters. The van der Waals surface area contributed by atoms with Crippen molar-refractivity contribution in [3.63, 3.8) is 0 Å². The number of ether oxygens (including phenoxy) is 1. The number of esters is 1. The maximum Gasteiger partial charge on any atom is 0.320 e. The van der Waals surface area contributed by atoms with Crippen LogP contribution >= 0.6 is 11.6 Å². The van der Waals surface area contributed by atoms with Crippen LogP contribution in [-0.4, -0.2) is 43.6 Å². The second-order valence-corrected chi connectivity index (χ2v) is 5.10. The molecular weight excluding hydrogens is 264 g/mol. The van der Waals surface area contributed by atoms with Crippen molar-refractivity contribution in [3.05, 3.63) is 34.9 Å². The molecule has 2 rings (SSSR count). The van der Waals surface area contributed by atoms with Crippen LogP contribution in [-0.2, 0) is 16.1 Å². The quantitative estimate of drug-likeness (QED) is 0.853. The normalized spacial score (nSPS) is 16.9. The van der Waals surface area contributed by atoms with E-state index in [0.717, 1.165) is 38.2 Å². The Balaban J connectivity index is 1.73. The van der Waals surface area contributed by atoms with Gasteiger partial charge in [0.1, 0.15) is 6.61 Å². The molecule has 0 saturated carbocycles. The van der Waals surface area contributed by atoms with Crippen molar-refractivity contribution in [2.24, 2.45) is 0 Å². The van der Waals surface area contributed by atoms with E-state index in [1.807, 2.05) is 12.1 Å². The average Bonchev–Trinajstić information content (AvgIpc) is 2.67. The van der Waals surface area contributed by atoms with E-state index in [0.29, 0.717) is 18.2 Å². The molecule has 0 bridgehead atoms. The van der Waals surface area contributed by atoms with Gasteiger partial charge in [0.25, 0.3) is 0 Å². The third kappa shape index (κ3) is 5.19. The van der Waals surface area contributed by atoms with E-state index in [9.17, 15) is 4.79 Å². The monoisotopic (exact) mass is 282 g/mol. The Morgan fingerprint density at radius 1 is 1.26 bits per heavy atom. The lowest BCUT2D eigenvalue weighted by atomic mass is 10.2. The molecule has 1 saturated heterocycles. The third-order valence-electron chi connectivity index (χ3n) is 3.10. The lowest BCUT2D eigenvalue weighted by Gasteiger charge is -2.18. The minimum atomic E-state index is -0.170. The van der Waals surface area contributed by atoms with Crippen molar-refractivity contribution in [2.45, 2.75) is 13.0 Å². The summed E-state index contributed by atoms with van der Waals surface area (Å²) in [6, 6.07) is 7.33. The van der Waals surface area contributed by atoms with Crippen molar-refractivity contribution in [1.29, 1.82) is 0 Å². The van der Waals surface area contributed by atoms with Gasteiger partial charge in [0.2, 0.25) is 0 Å². The van der Waals surface area contributed by atoms with Crippen LogP contribution < -0.4 is 5.32 Å². The fraction of sp³-hybridized carbons (Fsp3) is 0.500. The minimum Gasteiger partial charge on any atom is -0.460 e. The van der Waals surface area contributed by atoms with Gasteiger partial charge in [-0.1, -0.05) is 23.7 Å². The molecule has 0 atom stereocenters. The fourth-order valence-electron chi connectivity index (χ4n) is 2.03. The number of carbonyl (C=O) groups is 1. The van der Waals surface area contributed by atoms with Gasteiger partial charge in [-0.25, -0.2) is 0 Å². The van der Waals surface area contributed by atoms with E-state index < -0.39 is 0 Å². The van der Waals surface area contributed by atoms with Crippen LogP contribution in [0.1, 0.15) is 12.0 Å². The van der Waals surface area contributed by atoms with Gasteiger partial charge in [-0.2, -0.15) is 0 Å². The van der Waals surface area contributed by atoms with Gasteiger partial charge in [0.05, 0.1) is 6.54 Å². The summed E-state index contributed by atoms with van der Waals surface area (Å²) in [5.74, 6) is -0.170. The van der Waals surface area contributed by atoms with Crippen LogP contribution in [0.3, 0.4) is 0 Å². The van der Waals surface area contributed by atoms with Crippen LogP contribution in [0, 0.1) is 0 Å². The number of halogens is 1. The van der Waals surface area contributed by atoms with E-state index in [-0.39, 0.29) is 5.97 Å². The van der Waals surface area contributed by atoms with Crippen LogP contribution in [0.15, 0.2) is 24.3 Å². The molecule has 1 aliphatic rings. The number of rotatable bonds is 4. The Kier molecular flexibility index (Phi) is 5.63. The first-order valence-electron chi connectivity index (χ1n) is 6.57. The summed E-state index contributed by atoms with van der Waals surface area (Å²) in [4.78, 5) is 13.9. The Bertz CT molecular complexity index is 400. The largest absolute Gasteiger partial charge is 0.460 e. The number of hydrogen-bond acceptors (Lipinski definition) is 4. The second-order valence-electron chi connectivity index (χ2n) is 4.67. The van der Waals surface area contributed by atoms with Crippen LogP contribution in [0.5, 0.6) is 0 Å². The highest BCUT2D eigenvalue weighted by atomic mass is 35.5. The molecule has 1 N–H and O–H groups in total. The van der Waals surface area contributed by atoms with E-state index in [4.69, 9.17) is 16.3 Å². The number of nitrogens with zero attached hydrogens (tertiary/aromatic N) is 1. The molecule has 1 fully saturated rings. The molecular formula is C14H19ClN2O2. The molecule has 0 spiro atoms. The van der Waals surface area contributed by atoms with Gasteiger partial charge in [0.15, 0.2) is 0 Å². The zero-order chi connectivity index (χ0) is 13.5. The van der Waals surface area contributed by atoms with E-state index >= 15 is 0 Å². The summed E-state index contributed by atoms with van der Waals surface area (Å²) in [7, 11) is 0. The van der Waals surface area contributed by atoms with Crippen molar-refractivity contribution in [2.75, 3.05) is 32.7 Å². The predicted octanol–water partition coefficient (Wildman–Crippen LogP) is 1.68. The highest BCUT2D eigenvalue weighted by Gasteiger charge is 2.13. The van der Waals surface area contributed by atoms with Gasteiger partial charge < -0.3 is 10.1 Å². The summed E-state index contributed by atoms with van der Waals surface area (Å²) < 4.78 is 5.27. The van der Waals surface area contributed by atoms with Crippen molar-refractivity contribution < 1.29 is 9.53 Å². The average molecular weight is 283 g/mol.